The Hall–Kier alpha value is -1.72. The fraction of sp³-hybridized carbons (Fsp3) is 0.316. The van der Waals surface area contributed by atoms with Crippen LogP contribution in [-0.2, 0) is 11.2 Å². The highest BCUT2D eigenvalue weighted by Crippen LogP contribution is 2.27. The number of quaternary nitrogens is 1. The first-order valence-corrected chi connectivity index (χ1v) is 8.99. The van der Waals surface area contributed by atoms with E-state index in [2.05, 4.69) is 45.5 Å². The van der Waals surface area contributed by atoms with E-state index in [0.29, 0.717) is 17.1 Å². The number of carbonyl (C=O) groups excluding carboxylic acids is 1. The summed E-state index contributed by atoms with van der Waals surface area (Å²) in [4.78, 5) is 13.4. The summed E-state index contributed by atoms with van der Waals surface area (Å²) in [6.07, 6.45) is 3.32. The fourth-order valence-electron chi connectivity index (χ4n) is 3.43. The molecule has 0 aliphatic heterocycles. The van der Waals surface area contributed by atoms with Gasteiger partial charge in [0.1, 0.15) is 11.9 Å². The van der Waals surface area contributed by atoms with Crippen LogP contribution in [0.15, 0.2) is 46.9 Å². The zero-order chi connectivity index (χ0) is 17.1. The number of aryl methyl sites for hydroxylation is 1. The minimum atomic E-state index is -0.432. The van der Waals surface area contributed by atoms with Crippen molar-refractivity contribution in [2.75, 3.05) is 18.9 Å². The molecular weight excluding hydrogens is 371 g/mol. The molecule has 0 radical (unpaired) electrons. The van der Waals surface area contributed by atoms with Gasteiger partial charge in [-0.05, 0) is 36.6 Å². The summed E-state index contributed by atoms with van der Waals surface area (Å²) < 4.78 is 14.5. The zero-order valence-corrected chi connectivity index (χ0v) is 15.2. The molecule has 0 fully saturated rings. The van der Waals surface area contributed by atoms with Gasteiger partial charge in [0.15, 0.2) is 6.54 Å². The molecule has 0 spiro atoms. The monoisotopic (exact) mass is 391 g/mol. The smallest absolute Gasteiger partial charge is 0.279 e. The van der Waals surface area contributed by atoms with Gasteiger partial charge in [-0.1, -0.05) is 40.2 Å². The first kappa shape index (κ1) is 17.1. The summed E-state index contributed by atoms with van der Waals surface area (Å²) in [5.74, 6) is -0.602. The summed E-state index contributed by atoms with van der Waals surface area (Å²) in [5, 5.41) is 2.68. The number of rotatable bonds is 4. The lowest BCUT2D eigenvalue weighted by atomic mass is 9.87. The maximum Gasteiger partial charge on any atom is 0.279 e. The Morgan fingerprint density at radius 3 is 2.92 bits per heavy atom. The molecule has 0 bridgehead atoms. The lowest BCUT2D eigenvalue weighted by Crippen LogP contribution is -3.10. The Morgan fingerprint density at radius 2 is 2.12 bits per heavy atom. The molecule has 126 valence electrons. The van der Waals surface area contributed by atoms with Crippen LogP contribution in [0.4, 0.5) is 10.1 Å². The van der Waals surface area contributed by atoms with Crippen molar-refractivity contribution in [3.8, 4) is 0 Å². The van der Waals surface area contributed by atoms with E-state index in [1.807, 2.05) is 7.05 Å². The van der Waals surface area contributed by atoms with Gasteiger partial charge in [0, 0.05) is 16.5 Å². The molecule has 5 heteroatoms. The lowest BCUT2D eigenvalue weighted by Gasteiger charge is -2.30. The number of nitrogens with one attached hydrogen (secondary N) is 2. The fourth-order valence-corrected chi connectivity index (χ4v) is 3.76. The minimum Gasteiger partial charge on any atom is -0.323 e. The van der Waals surface area contributed by atoms with E-state index in [-0.39, 0.29) is 11.6 Å². The number of hydrogen-bond acceptors (Lipinski definition) is 1. The number of anilines is 1. The highest BCUT2D eigenvalue weighted by molar-refractivity contribution is 9.10. The number of amides is 1. The van der Waals surface area contributed by atoms with Crippen LogP contribution < -0.4 is 10.2 Å². The zero-order valence-electron chi connectivity index (χ0n) is 13.6. The van der Waals surface area contributed by atoms with Gasteiger partial charge in [-0.25, -0.2) is 4.39 Å². The van der Waals surface area contributed by atoms with Gasteiger partial charge >= 0.3 is 0 Å². The predicted octanol–water partition coefficient (Wildman–Crippen LogP) is 3.12. The van der Waals surface area contributed by atoms with Crippen molar-refractivity contribution in [2.24, 2.45) is 0 Å². The number of fused-ring (bicyclic) bond motifs is 1. The van der Waals surface area contributed by atoms with Gasteiger partial charge in [-0.2, -0.15) is 0 Å². The van der Waals surface area contributed by atoms with Crippen LogP contribution in [-0.4, -0.2) is 19.5 Å². The molecule has 2 aromatic rings. The highest BCUT2D eigenvalue weighted by atomic mass is 79.9. The molecule has 1 aliphatic rings. The first-order chi connectivity index (χ1) is 11.5. The van der Waals surface area contributed by atoms with Crippen molar-refractivity contribution < 1.29 is 14.1 Å². The molecule has 3 nitrogen and oxygen atoms in total. The van der Waals surface area contributed by atoms with E-state index in [1.165, 1.54) is 17.2 Å². The number of carbonyl (C=O) groups is 1. The van der Waals surface area contributed by atoms with Gasteiger partial charge in [-0.3, -0.25) is 4.79 Å². The van der Waals surface area contributed by atoms with E-state index in [1.54, 1.807) is 12.1 Å². The van der Waals surface area contributed by atoms with Crippen molar-refractivity contribution in [3.63, 3.8) is 0 Å². The summed E-state index contributed by atoms with van der Waals surface area (Å²) in [5.41, 5.74) is 2.94. The minimum absolute atomic E-state index is 0.170. The van der Waals surface area contributed by atoms with Crippen molar-refractivity contribution in [1.29, 1.82) is 0 Å². The van der Waals surface area contributed by atoms with Crippen molar-refractivity contribution in [2.45, 2.75) is 25.3 Å². The highest BCUT2D eigenvalue weighted by Gasteiger charge is 2.28. The number of halogens is 2. The van der Waals surface area contributed by atoms with Crippen LogP contribution in [0.1, 0.15) is 30.0 Å². The molecule has 0 heterocycles. The Kier molecular flexibility index (Phi) is 5.31. The van der Waals surface area contributed by atoms with Gasteiger partial charge in [-0.15, -0.1) is 0 Å². The van der Waals surface area contributed by atoms with E-state index in [9.17, 15) is 9.18 Å². The van der Waals surface area contributed by atoms with Crippen LogP contribution >= 0.6 is 15.9 Å². The van der Waals surface area contributed by atoms with Crippen LogP contribution in [0.2, 0.25) is 0 Å². The molecule has 0 aromatic heterocycles. The molecule has 0 saturated carbocycles. The summed E-state index contributed by atoms with van der Waals surface area (Å²) >= 11 is 3.21. The van der Waals surface area contributed by atoms with Gasteiger partial charge in [0.25, 0.3) is 5.91 Å². The average molecular weight is 392 g/mol. The predicted molar refractivity (Wildman–Crippen MR) is 96.6 cm³/mol. The van der Waals surface area contributed by atoms with Crippen LogP contribution in [0.5, 0.6) is 0 Å². The summed E-state index contributed by atoms with van der Waals surface area (Å²) in [6.45, 7) is 0.314. The van der Waals surface area contributed by atoms with Gasteiger partial charge in [0.05, 0.1) is 12.7 Å². The first-order valence-electron chi connectivity index (χ1n) is 8.19. The Balaban J connectivity index is 1.67. The molecule has 2 N–H and O–H groups in total. The van der Waals surface area contributed by atoms with Crippen LogP contribution in [0.25, 0.3) is 0 Å². The third-order valence-electron chi connectivity index (χ3n) is 4.61. The second-order valence-electron chi connectivity index (χ2n) is 6.34. The van der Waals surface area contributed by atoms with Crippen molar-refractivity contribution in [1.82, 2.24) is 0 Å². The number of likely N-dealkylation sites (N-methyl/N-ethyl adjacent to an activating group) is 1. The van der Waals surface area contributed by atoms with Gasteiger partial charge in [0.2, 0.25) is 0 Å². The molecule has 1 aliphatic carbocycles. The van der Waals surface area contributed by atoms with Gasteiger partial charge < -0.3 is 10.2 Å². The molecule has 1 amide bonds. The normalized spacial score (nSPS) is 17.9. The van der Waals surface area contributed by atoms with E-state index in [0.717, 1.165) is 24.2 Å². The van der Waals surface area contributed by atoms with Crippen LogP contribution in [0, 0.1) is 5.82 Å². The maximum absolute atomic E-state index is 13.8. The third-order valence-corrected chi connectivity index (χ3v) is 5.10. The molecule has 24 heavy (non-hydrogen) atoms. The topological polar surface area (TPSA) is 33.5 Å². The molecule has 2 aromatic carbocycles. The Labute approximate surface area is 150 Å². The summed E-state index contributed by atoms with van der Waals surface area (Å²) in [7, 11) is 2.03. The quantitative estimate of drug-likeness (QED) is 0.824. The maximum atomic E-state index is 13.8. The van der Waals surface area contributed by atoms with E-state index >= 15 is 0 Å². The molecular formula is C19H21BrFN2O+. The largest absolute Gasteiger partial charge is 0.323 e. The van der Waals surface area contributed by atoms with Crippen LogP contribution in [0.3, 0.4) is 0 Å². The second kappa shape index (κ2) is 7.45. The van der Waals surface area contributed by atoms with E-state index in [4.69, 9.17) is 0 Å². The molecule has 1 unspecified atom stereocenters. The number of benzene rings is 2. The summed E-state index contributed by atoms with van der Waals surface area (Å²) in [6, 6.07) is 13.4. The van der Waals surface area contributed by atoms with Crippen molar-refractivity contribution in [3.05, 3.63) is 63.9 Å². The third kappa shape index (κ3) is 3.84. The molecule has 2 atom stereocenters. The molecule has 0 saturated heterocycles. The average Bonchev–Trinajstić information content (AvgIpc) is 2.57. The Morgan fingerprint density at radius 1 is 1.33 bits per heavy atom. The van der Waals surface area contributed by atoms with Crippen molar-refractivity contribution >= 4 is 27.5 Å². The standard InChI is InChI=1S/C19H20BrFN2O/c1-23(18-8-4-6-13-5-2-3-7-15(13)18)12-19(24)22-17-10-9-14(20)11-16(17)21/h2-3,5,7,9-11,18H,4,6,8,12H2,1H3,(H,22,24)/p+1/t18-/m0/s1. The lowest BCUT2D eigenvalue weighted by molar-refractivity contribution is -0.905. The number of hydrogen-bond donors (Lipinski definition) is 2. The van der Waals surface area contributed by atoms with E-state index < -0.39 is 5.82 Å². The second-order valence-corrected chi connectivity index (χ2v) is 7.25. The SMILES string of the molecule is C[NH+](CC(=O)Nc1ccc(Br)cc1F)[C@H]1CCCc2ccccc21. The Bertz CT molecular complexity index is 750. The molecule has 3 rings (SSSR count).